The molecule has 1 aliphatic rings. The molecule has 0 bridgehead atoms. The topological polar surface area (TPSA) is 51.7 Å². The van der Waals surface area contributed by atoms with Gasteiger partial charge in [-0.15, -0.1) is 0 Å². The van der Waals surface area contributed by atoms with Crippen LogP contribution in [0.5, 0.6) is 0 Å². The summed E-state index contributed by atoms with van der Waals surface area (Å²) in [5.41, 5.74) is 0.879. The molecule has 19 heavy (non-hydrogen) atoms. The molecule has 106 valence electrons. The van der Waals surface area contributed by atoms with Crippen molar-refractivity contribution in [2.45, 2.75) is 32.0 Å². The lowest BCUT2D eigenvalue weighted by molar-refractivity contribution is -0.00461. The van der Waals surface area contributed by atoms with Crippen LogP contribution in [0.15, 0.2) is 0 Å². The van der Waals surface area contributed by atoms with Crippen molar-refractivity contribution >= 4 is 22.8 Å². The van der Waals surface area contributed by atoms with E-state index in [1.165, 1.54) is 11.3 Å². The van der Waals surface area contributed by atoms with E-state index in [1.54, 1.807) is 14.2 Å². The molecular formula is C13H20N2O3S. The first-order valence-electron chi connectivity index (χ1n) is 6.37. The van der Waals surface area contributed by atoms with E-state index in [-0.39, 0.29) is 18.1 Å². The quantitative estimate of drug-likeness (QED) is 0.773. The van der Waals surface area contributed by atoms with E-state index < -0.39 is 0 Å². The van der Waals surface area contributed by atoms with Gasteiger partial charge in [0.05, 0.1) is 10.6 Å². The molecule has 0 N–H and O–H groups in total. The molecule has 1 aromatic heterocycles. The molecular weight excluding hydrogens is 264 g/mol. The van der Waals surface area contributed by atoms with Gasteiger partial charge in [0.2, 0.25) is 0 Å². The summed E-state index contributed by atoms with van der Waals surface area (Å²) in [4.78, 5) is 18.6. The normalized spacial score (nSPS) is 23.3. The van der Waals surface area contributed by atoms with Crippen molar-refractivity contribution in [2.75, 3.05) is 32.2 Å². The minimum absolute atomic E-state index is 0.0519. The second kappa shape index (κ2) is 5.98. The van der Waals surface area contributed by atoms with E-state index in [4.69, 9.17) is 9.47 Å². The molecule has 0 aliphatic carbocycles. The van der Waals surface area contributed by atoms with Crippen molar-refractivity contribution in [3.05, 3.63) is 10.6 Å². The smallest absolute Gasteiger partial charge is 0.186 e. The molecule has 6 heteroatoms. The lowest BCUT2D eigenvalue weighted by Gasteiger charge is -2.13. The first-order chi connectivity index (χ1) is 9.10. The van der Waals surface area contributed by atoms with Crippen LogP contribution < -0.4 is 4.90 Å². The molecule has 1 fully saturated rings. The zero-order chi connectivity index (χ0) is 14.0. The van der Waals surface area contributed by atoms with Crippen molar-refractivity contribution in [1.82, 2.24) is 4.98 Å². The number of methoxy groups -OCH3 is 2. The number of ether oxygens (including phenoxy) is 2. The fraction of sp³-hybridized carbons (Fsp3) is 0.692. The maximum Gasteiger partial charge on any atom is 0.186 e. The first kappa shape index (κ1) is 14.4. The van der Waals surface area contributed by atoms with Gasteiger partial charge in [-0.2, -0.15) is 0 Å². The van der Waals surface area contributed by atoms with Gasteiger partial charge in [-0.3, -0.25) is 4.79 Å². The third kappa shape index (κ3) is 2.80. The summed E-state index contributed by atoms with van der Waals surface area (Å²) in [6.45, 7) is 5.59. The van der Waals surface area contributed by atoms with Crippen LogP contribution in [0.4, 0.5) is 5.13 Å². The Morgan fingerprint density at radius 3 is 2.26 bits per heavy atom. The standard InChI is InChI=1S/C13H20N2O3S/c1-8(2)12-11(7-16)19-13(14-12)15-5-9(17-3)10(6-15)18-4/h7-10H,5-6H2,1-4H3. The number of hydrogen-bond acceptors (Lipinski definition) is 6. The molecule has 2 unspecified atom stereocenters. The minimum Gasteiger partial charge on any atom is -0.377 e. The highest BCUT2D eigenvalue weighted by Crippen LogP contribution is 2.32. The maximum atomic E-state index is 11.1. The molecule has 0 amide bonds. The van der Waals surface area contributed by atoms with E-state index in [9.17, 15) is 4.79 Å². The molecule has 5 nitrogen and oxygen atoms in total. The van der Waals surface area contributed by atoms with Crippen LogP contribution in [-0.2, 0) is 9.47 Å². The average Bonchev–Trinajstić information content (AvgIpc) is 3.01. The highest BCUT2D eigenvalue weighted by atomic mass is 32.1. The largest absolute Gasteiger partial charge is 0.377 e. The van der Waals surface area contributed by atoms with Gasteiger partial charge in [0, 0.05) is 27.3 Å². The first-order valence-corrected chi connectivity index (χ1v) is 7.18. The monoisotopic (exact) mass is 284 g/mol. The minimum atomic E-state index is 0.0519. The summed E-state index contributed by atoms with van der Waals surface area (Å²) in [6.07, 6.45) is 1.00. The summed E-state index contributed by atoms with van der Waals surface area (Å²) < 4.78 is 10.8. The van der Waals surface area contributed by atoms with Crippen molar-refractivity contribution < 1.29 is 14.3 Å². The van der Waals surface area contributed by atoms with Crippen molar-refractivity contribution in [3.63, 3.8) is 0 Å². The van der Waals surface area contributed by atoms with Gasteiger partial charge in [-0.25, -0.2) is 4.98 Å². The molecule has 1 aromatic rings. The average molecular weight is 284 g/mol. The van der Waals surface area contributed by atoms with Crippen LogP contribution in [0.2, 0.25) is 0 Å². The highest BCUT2D eigenvalue weighted by molar-refractivity contribution is 7.17. The van der Waals surface area contributed by atoms with Crippen LogP contribution >= 0.6 is 11.3 Å². The number of carbonyl (C=O) groups is 1. The van der Waals surface area contributed by atoms with E-state index in [0.717, 1.165) is 35.1 Å². The molecule has 2 rings (SSSR count). The van der Waals surface area contributed by atoms with Crippen LogP contribution in [0, 0.1) is 0 Å². The second-order valence-electron chi connectivity index (χ2n) is 4.97. The third-order valence-electron chi connectivity index (χ3n) is 3.42. The molecule has 0 aromatic carbocycles. The van der Waals surface area contributed by atoms with Gasteiger partial charge < -0.3 is 14.4 Å². The number of rotatable bonds is 5. The Labute approximate surface area is 117 Å². The van der Waals surface area contributed by atoms with Crippen LogP contribution in [0.25, 0.3) is 0 Å². The van der Waals surface area contributed by atoms with Crippen LogP contribution in [0.1, 0.15) is 35.1 Å². The number of aromatic nitrogens is 1. The highest BCUT2D eigenvalue weighted by Gasteiger charge is 2.34. The molecule has 0 spiro atoms. The molecule has 0 radical (unpaired) electrons. The van der Waals surface area contributed by atoms with Gasteiger partial charge in [0.1, 0.15) is 12.2 Å². The Hall–Kier alpha value is -0.980. The van der Waals surface area contributed by atoms with Gasteiger partial charge in [0.15, 0.2) is 11.4 Å². The van der Waals surface area contributed by atoms with E-state index in [2.05, 4.69) is 9.88 Å². The number of thiazole rings is 1. The zero-order valence-corrected chi connectivity index (χ0v) is 12.6. The SMILES string of the molecule is COC1CN(c2nc(C(C)C)c(C=O)s2)CC1OC. The van der Waals surface area contributed by atoms with E-state index in [0.29, 0.717) is 0 Å². The summed E-state index contributed by atoms with van der Waals surface area (Å²) >= 11 is 1.45. The fourth-order valence-corrected chi connectivity index (χ4v) is 3.37. The van der Waals surface area contributed by atoms with Crippen LogP contribution in [-0.4, -0.2) is 50.8 Å². The van der Waals surface area contributed by atoms with Gasteiger partial charge in [-0.1, -0.05) is 25.2 Å². The molecule has 1 aliphatic heterocycles. The van der Waals surface area contributed by atoms with Gasteiger partial charge >= 0.3 is 0 Å². The summed E-state index contributed by atoms with van der Waals surface area (Å²) in [5, 5.41) is 0.882. The predicted octanol–water partition coefficient (Wildman–Crippen LogP) is 1.93. The molecule has 2 heterocycles. The van der Waals surface area contributed by atoms with Gasteiger partial charge in [0.25, 0.3) is 0 Å². The summed E-state index contributed by atoms with van der Waals surface area (Å²) in [5.74, 6) is 0.254. The number of anilines is 1. The number of carbonyl (C=O) groups excluding carboxylic acids is 1. The molecule has 0 saturated carbocycles. The Balaban J connectivity index is 2.21. The van der Waals surface area contributed by atoms with Crippen molar-refractivity contribution in [2.24, 2.45) is 0 Å². The molecule has 1 saturated heterocycles. The third-order valence-corrected chi connectivity index (χ3v) is 4.47. The number of nitrogens with zero attached hydrogens (tertiary/aromatic N) is 2. The summed E-state index contributed by atoms with van der Waals surface area (Å²) in [7, 11) is 3.39. The van der Waals surface area contributed by atoms with Crippen LogP contribution in [0.3, 0.4) is 0 Å². The number of aldehydes is 1. The lowest BCUT2D eigenvalue weighted by atomic mass is 10.1. The zero-order valence-electron chi connectivity index (χ0n) is 11.8. The Morgan fingerprint density at radius 1 is 1.32 bits per heavy atom. The van der Waals surface area contributed by atoms with E-state index >= 15 is 0 Å². The lowest BCUT2D eigenvalue weighted by Crippen LogP contribution is -2.27. The Kier molecular flexibility index (Phi) is 4.54. The van der Waals surface area contributed by atoms with Crippen molar-refractivity contribution in [1.29, 1.82) is 0 Å². The number of hydrogen-bond donors (Lipinski definition) is 0. The maximum absolute atomic E-state index is 11.1. The van der Waals surface area contributed by atoms with E-state index in [1.807, 2.05) is 13.8 Å². The Morgan fingerprint density at radius 2 is 1.89 bits per heavy atom. The molecule has 2 atom stereocenters. The second-order valence-corrected chi connectivity index (χ2v) is 5.98. The van der Waals surface area contributed by atoms with Gasteiger partial charge in [-0.05, 0) is 5.92 Å². The Bertz CT molecular complexity index is 435. The van der Waals surface area contributed by atoms with Crippen molar-refractivity contribution in [3.8, 4) is 0 Å². The predicted molar refractivity (Wildman–Crippen MR) is 75.4 cm³/mol. The fourth-order valence-electron chi connectivity index (χ4n) is 2.32. The summed E-state index contributed by atoms with van der Waals surface area (Å²) in [6, 6.07) is 0.